The number of alkyl halides is 2. The van der Waals surface area contributed by atoms with E-state index in [1.807, 2.05) is 0 Å². The first kappa shape index (κ1) is 16.4. The summed E-state index contributed by atoms with van der Waals surface area (Å²) in [4.78, 5) is 10.8. The zero-order valence-corrected chi connectivity index (χ0v) is 12.2. The number of rotatable bonds is 6. The number of hydrazone groups is 1. The molecule has 0 saturated carbocycles. The molecule has 0 bridgehead atoms. The first-order chi connectivity index (χ1) is 11.0. The molecular weight excluding hydrogens is 306 g/mol. The van der Waals surface area contributed by atoms with Crippen molar-refractivity contribution in [3.8, 4) is 5.75 Å². The van der Waals surface area contributed by atoms with E-state index in [0.717, 1.165) is 5.56 Å². The Morgan fingerprint density at radius 2 is 1.65 bits per heavy atom. The van der Waals surface area contributed by atoms with Gasteiger partial charge in [0.25, 0.3) is 0 Å². The summed E-state index contributed by atoms with van der Waals surface area (Å²) in [5, 5.41) is 13.0. The highest BCUT2D eigenvalue weighted by atomic mass is 19.3. The lowest BCUT2D eigenvalue weighted by Gasteiger charge is -2.06. The predicted octanol–water partition coefficient (Wildman–Crippen LogP) is 3.82. The van der Waals surface area contributed by atoms with E-state index in [1.165, 1.54) is 24.3 Å². The molecule has 0 radical (unpaired) electrons. The molecule has 120 valence electrons. The van der Waals surface area contributed by atoms with E-state index in [2.05, 4.69) is 15.3 Å². The van der Waals surface area contributed by atoms with Crippen LogP contribution in [-0.2, 0) is 0 Å². The molecule has 0 amide bonds. The minimum absolute atomic E-state index is 0.0776. The van der Waals surface area contributed by atoms with Crippen molar-refractivity contribution in [3.05, 3.63) is 59.7 Å². The molecule has 2 aromatic rings. The van der Waals surface area contributed by atoms with E-state index in [0.29, 0.717) is 11.4 Å². The molecule has 0 aromatic heterocycles. The molecule has 2 N–H and O–H groups in total. The summed E-state index contributed by atoms with van der Waals surface area (Å²) in [6.07, 6.45) is 0. The van der Waals surface area contributed by atoms with Gasteiger partial charge in [-0.3, -0.25) is 5.43 Å². The highest BCUT2D eigenvalue weighted by Crippen LogP contribution is 2.16. The Hall–Kier alpha value is -2.96. The van der Waals surface area contributed by atoms with Gasteiger partial charge in [0.15, 0.2) is 0 Å². The monoisotopic (exact) mass is 320 g/mol. The Balaban J connectivity index is 2.03. The zero-order chi connectivity index (χ0) is 16.8. The van der Waals surface area contributed by atoms with Gasteiger partial charge < -0.3 is 9.84 Å². The van der Waals surface area contributed by atoms with Crippen molar-refractivity contribution < 1.29 is 23.4 Å². The Labute approximate surface area is 131 Å². The highest BCUT2D eigenvalue weighted by molar-refractivity contribution is 5.99. The minimum Gasteiger partial charge on any atom is -0.478 e. The number of carbonyl (C=O) groups is 1. The van der Waals surface area contributed by atoms with Crippen LogP contribution in [0.25, 0.3) is 0 Å². The average molecular weight is 320 g/mol. The van der Waals surface area contributed by atoms with E-state index < -0.39 is 12.6 Å². The molecule has 2 rings (SSSR count). The van der Waals surface area contributed by atoms with Crippen molar-refractivity contribution in [1.29, 1.82) is 0 Å². The van der Waals surface area contributed by atoms with Crippen LogP contribution in [0, 0.1) is 0 Å². The largest absolute Gasteiger partial charge is 0.478 e. The summed E-state index contributed by atoms with van der Waals surface area (Å²) in [6, 6.07) is 12.2. The van der Waals surface area contributed by atoms with Crippen molar-refractivity contribution in [2.45, 2.75) is 13.5 Å². The second-order valence-electron chi connectivity index (χ2n) is 4.59. The number of carboxylic acid groups (broad SMARTS) is 1. The standard InChI is InChI=1S/C16H14F2N2O3/c1-10(11-4-8-14(9-5-11)23-16(17)18)19-20-13-6-2-12(3-7-13)15(21)22/h2-9,16,20H,1H3,(H,21,22)/b19-10+. The first-order valence-electron chi connectivity index (χ1n) is 6.64. The van der Waals surface area contributed by atoms with Gasteiger partial charge in [-0.2, -0.15) is 13.9 Å². The first-order valence-corrected chi connectivity index (χ1v) is 6.64. The van der Waals surface area contributed by atoms with E-state index in [4.69, 9.17) is 5.11 Å². The quantitative estimate of drug-likeness (QED) is 0.627. The molecule has 0 heterocycles. The number of nitrogens with zero attached hydrogens (tertiary/aromatic N) is 1. The molecule has 0 aliphatic rings. The summed E-state index contributed by atoms with van der Waals surface area (Å²) in [6.45, 7) is -1.10. The molecule has 5 nitrogen and oxygen atoms in total. The van der Waals surface area contributed by atoms with Gasteiger partial charge in [0, 0.05) is 0 Å². The van der Waals surface area contributed by atoms with Crippen molar-refractivity contribution >= 4 is 17.4 Å². The SMILES string of the molecule is C/C(=N\Nc1ccc(C(=O)O)cc1)c1ccc(OC(F)F)cc1. The van der Waals surface area contributed by atoms with Gasteiger partial charge in [-0.15, -0.1) is 0 Å². The zero-order valence-electron chi connectivity index (χ0n) is 12.2. The number of anilines is 1. The number of carboxylic acids is 1. The van der Waals surface area contributed by atoms with Gasteiger partial charge in [0.05, 0.1) is 17.0 Å². The number of halogens is 2. The van der Waals surface area contributed by atoms with Crippen LogP contribution in [0.3, 0.4) is 0 Å². The summed E-state index contributed by atoms with van der Waals surface area (Å²) < 4.78 is 28.4. The molecule has 0 saturated heterocycles. The number of benzene rings is 2. The molecule has 7 heteroatoms. The summed E-state index contributed by atoms with van der Waals surface area (Å²) in [7, 11) is 0. The summed E-state index contributed by atoms with van der Waals surface area (Å²) in [5.74, 6) is -0.920. The molecule has 0 atom stereocenters. The maximum Gasteiger partial charge on any atom is 0.387 e. The van der Waals surface area contributed by atoms with Gasteiger partial charge in [-0.05, 0) is 61.0 Å². The third-order valence-electron chi connectivity index (χ3n) is 2.98. The van der Waals surface area contributed by atoms with Gasteiger partial charge in [-0.25, -0.2) is 4.79 Å². The van der Waals surface area contributed by atoms with Crippen molar-refractivity contribution in [3.63, 3.8) is 0 Å². The van der Waals surface area contributed by atoms with E-state index in [1.54, 1.807) is 31.2 Å². The Morgan fingerprint density at radius 3 is 2.17 bits per heavy atom. The van der Waals surface area contributed by atoms with Crippen LogP contribution in [0.2, 0.25) is 0 Å². The topological polar surface area (TPSA) is 70.9 Å². The maximum absolute atomic E-state index is 12.1. The molecule has 23 heavy (non-hydrogen) atoms. The van der Waals surface area contributed by atoms with Crippen LogP contribution < -0.4 is 10.2 Å². The predicted molar refractivity (Wildman–Crippen MR) is 82.3 cm³/mol. The van der Waals surface area contributed by atoms with Crippen LogP contribution in [0.15, 0.2) is 53.6 Å². The molecule has 0 unspecified atom stereocenters. The lowest BCUT2D eigenvalue weighted by atomic mass is 10.1. The molecular formula is C16H14F2N2O3. The van der Waals surface area contributed by atoms with Gasteiger partial charge in [0.2, 0.25) is 0 Å². The third-order valence-corrected chi connectivity index (χ3v) is 2.98. The van der Waals surface area contributed by atoms with Crippen LogP contribution >= 0.6 is 0 Å². The van der Waals surface area contributed by atoms with Crippen molar-refractivity contribution in [1.82, 2.24) is 0 Å². The van der Waals surface area contributed by atoms with Gasteiger partial charge >= 0.3 is 12.6 Å². The van der Waals surface area contributed by atoms with E-state index in [9.17, 15) is 13.6 Å². The second kappa shape index (κ2) is 7.35. The van der Waals surface area contributed by atoms with Crippen molar-refractivity contribution in [2.24, 2.45) is 5.10 Å². The fraction of sp³-hybridized carbons (Fsp3) is 0.125. The van der Waals surface area contributed by atoms with Crippen LogP contribution in [0.4, 0.5) is 14.5 Å². The summed E-state index contributed by atoms with van der Waals surface area (Å²) >= 11 is 0. The van der Waals surface area contributed by atoms with Crippen LogP contribution in [0.5, 0.6) is 5.75 Å². The number of ether oxygens (including phenoxy) is 1. The van der Waals surface area contributed by atoms with Crippen molar-refractivity contribution in [2.75, 3.05) is 5.43 Å². The Kier molecular flexibility index (Phi) is 5.24. The smallest absolute Gasteiger partial charge is 0.387 e. The average Bonchev–Trinajstić information content (AvgIpc) is 2.53. The minimum atomic E-state index is -2.86. The maximum atomic E-state index is 12.1. The Morgan fingerprint density at radius 1 is 1.09 bits per heavy atom. The molecule has 0 spiro atoms. The van der Waals surface area contributed by atoms with Gasteiger partial charge in [0.1, 0.15) is 5.75 Å². The number of hydrogen-bond acceptors (Lipinski definition) is 4. The molecule has 2 aromatic carbocycles. The van der Waals surface area contributed by atoms with Crippen LogP contribution in [0.1, 0.15) is 22.8 Å². The number of aromatic carboxylic acids is 1. The number of hydrogen-bond donors (Lipinski definition) is 2. The summed E-state index contributed by atoms with van der Waals surface area (Å²) in [5.41, 5.74) is 4.99. The van der Waals surface area contributed by atoms with E-state index in [-0.39, 0.29) is 11.3 Å². The third kappa shape index (κ3) is 4.77. The van der Waals surface area contributed by atoms with Crippen LogP contribution in [-0.4, -0.2) is 23.4 Å². The van der Waals surface area contributed by atoms with E-state index >= 15 is 0 Å². The second-order valence-corrected chi connectivity index (χ2v) is 4.59. The number of nitrogens with one attached hydrogen (secondary N) is 1. The molecule has 0 fully saturated rings. The Bertz CT molecular complexity index is 698. The van der Waals surface area contributed by atoms with Gasteiger partial charge in [-0.1, -0.05) is 0 Å². The molecule has 0 aliphatic heterocycles. The normalized spacial score (nSPS) is 11.4. The fourth-order valence-electron chi connectivity index (χ4n) is 1.78. The highest BCUT2D eigenvalue weighted by Gasteiger charge is 2.05. The lowest BCUT2D eigenvalue weighted by molar-refractivity contribution is -0.0498. The fourth-order valence-corrected chi connectivity index (χ4v) is 1.78. The molecule has 0 aliphatic carbocycles. The lowest BCUT2D eigenvalue weighted by Crippen LogP contribution is -2.03.